The first-order valence-electron chi connectivity index (χ1n) is 8.08. The van der Waals surface area contributed by atoms with Crippen molar-refractivity contribution >= 4 is 17.3 Å². The molecular formula is C19H21N3O2. The second kappa shape index (κ2) is 7.64. The summed E-state index contributed by atoms with van der Waals surface area (Å²) in [5.41, 5.74) is 6.81. The SMILES string of the molecule is COc1ccccc1NCC(=O)N/N=C1\CCCc2ccccc21. The number of carbonyl (C=O) groups excluding carboxylic acids is 1. The predicted molar refractivity (Wildman–Crippen MR) is 95.5 cm³/mol. The Kier molecular flexibility index (Phi) is 5.11. The fraction of sp³-hybridized carbons (Fsp3) is 0.263. The van der Waals surface area contributed by atoms with Crippen LogP contribution in [0.2, 0.25) is 0 Å². The maximum Gasteiger partial charge on any atom is 0.259 e. The smallest absolute Gasteiger partial charge is 0.259 e. The summed E-state index contributed by atoms with van der Waals surface area (Å²) in [4.78, 5) is 12.0. The van der Waals surface area contributed by atoms with E-state index in [4.69, 9.17) is 4.74 Å². The second-order valence-corrected chi connectivity index (χ2v) is 5.66. The third-order valence-corrected chi connectivity index (χ3v) is 4.05. The van der Waals surface area contributed by atoms with E-state index in [0.717, 1.165) is 36.2 Å². The summed E-state index contributed by atoms with van der Waals surface area (Å²) in [6.45, 7) is 0.138. The van der Waals surface area contributed by atoms with Crippen LogP contribution >= 0.6 is 0 Å². The number of para-hydroxylation sites is 2. The number of nitrogens with one attached hydrogen (secondary N) is 2. The van der Waals surface area contributed by atoms with Crippen LogP contribution in [-0.2, 0) is 11.2 Å². The molecule has 0 aliphatic heterocycles. The first kappa shape index (κ1) is 16.1. The van der Waals surface area contributed by atoms with Crippen molar-refractivity contribution in [3.05, 3.63) is 59.7 Å². The lowest BCUT2D eigenvalue weighted by molar-refractivity contribution is -0.119. The normalized spacial score (nSPS) is 14.8. The van der Waals surface area contributed by atoms with Gasteiger partial charge in [-0.3, -0.25) is 4.79 Å². The minimum absolute atomic E-state index is 0.138. The molecule has 0 heterocycles. The van der Waals surface area contributed by atoms with Crippen molar-refractivity contribution in [2.45, 2.75) is 19.3 Å². The molecule has 0 fully saturated rings. The molecule has 0 aromatic heterocycles. The van der Waals surface area contributed by atoms with Gasteiger partial charge in [0, 0.05) is 5.56 Å². The van der Waals surface area contributed by atoms with E-state index in [1.165, 1.54) is 5.56 Å². The summed E-state index contributed by atoms with van der Waals surface area (Å²) < 4.78 is 5.25. The van der Waals surface area contributed by atoms with E-state index < -0.39 is 0 Å². The molecule has 0 spiro atoms. The number of methoxy groups -OCH3 is 1. The number of benzene rings is 2. The molecule has 0 radical (unpaired) electrons. The fourth-order valence-corrected chi connectivity index (χ4v) is 2.85. The van der Waals surface area contributed by atoms with Gasteiger partial charge in [0.2, 0.25) is 0 Å². The third-order valence-electron chi connectivity index (χ3n) is 4.05. The van der Waals surface area contributed by atoms with E-state index in [-0.39, 0.29) is 12.5 Å². The van der Waals surface area contributed by atoms with Crippen molar-refractivity contribution in [2.24, 2.45) is 5.10 Å². The van der Waals surface area contributed by atoms with E-state index in [1.54, 1.807) is 7.11 Å². The standard InChI is InChI=1S/C19H21N3O2/c1-24-18-12-5-4-10-17(18)20-13-19(23)22-21-16-11-6-8-14-7-2-3-9-15(14)16/h2-5,7,9-10,12,20H,6,8,11,13H2,1H3,(H,22,23)/b21-16+. The zero-order chi connectivity index (χ0) is 16.8. The number of rotatable bonds is 5. The predicted octanol–water partition coefficient (Wildman–Crippen LogP) is 2.96. The molecule has 5 heteroatoms. The molecular weight excluding hydrogens is 302 g/mol. The number of nitrogens with zero attached hydrogens (tertiary/aromatic N) is 1. The largest absolute Gasteiger partial charge is 0.495 e. The molecule has 2 aromatic rings. The Hall–Kier alpha value is -2.82. The Bertz CT molecular complexity index is 756. The van der Waals surface area contributed by atoms with Crippen molar-refractivity contribution in [3.63, 3.8) is 0 Å². The molecule has 0 bridgehead atoms. The summed E-state index contributed by atoms with van der Waals surface area (Å²) in [7, 11) is 1.60. The van der Waals surface area contributed by atoms with E-state index in [0.29, 0.717) is 5.75 Å². The Labute approximate surface area is 141 Å². The average Bonchev–Trinajstić information content (AvgIpc) is 2.64. The Morgan fingerprint density at radius 1 is 1.12 bits per heavy atom. The molecule has 1 aliphatic rings. The van der Waals surface area contributed by atoms with Gasteiger partial charge in [-0.15, -0.1) is 0 Å². The van der Waals surface area contributed by atoms with Gasteiger partial charge in [-0.25, -0.2) is 5.43 Å². The number of aryl methyl sites for hydroxylation is 1. The van der Waals surface area contributed by atoms with Crippen molar-refractivity contribution in [3.8, 4) is 5.75 Å². The first-order chi connectivity index (χ1) is 11.8. The minimum atomic E-state index is -0.184. The third kappa shape index (κ3) is 3.74. The summed E-state index contributed by atoms with van der Waals surface area (Å²) in [6.07, 6.45) is 3.01. The number of anilines is 1. The highest BCUT2D eigenvalue weighted by Crippen LogP contribution is 2.23. The van der Waals surface area contributed by atoms with E-state index >= 15 is 0 Å². The zero-order valence-electron chi connectivity index (χ0n) is 13.7. The van der Waals surface area contributed by atoms with Crippen LogP contribution in [0.1, 0.15) is 24.0 Å². The molecule has 5 nitrogen and oxygen atoms in total. The Balaban J connectivity index is 1.60. The van der Waals surface area contributed by atoms with Gasteiger partial charge in [0.25, 0.3) is 5.91 Å². The maximum atomic E-state index is 12.0. The number of fused-ring (bicyclic) bond motifs is 1. The van der Waals surface area contributed by atoms with Crippen molar-refractivity contribution in [2.75, 3.05) is 19.0 Å². The quantitative estimate of drug-likeness (QED) is 0.832. The van der Waals surface area contributed by atoms with Crippen LogP contribution in [-0.4, -0.2) is 25.3 Å². The number of amides is 1. The highest BCUT2D eigenvalue weighted by atomic mass is 16.5. The Morgan fingerprint density at radius 3 is 2.79 bits per heavy atom. The number of carbonyl (C=O) groups is 1. The highest BCUT2D eigenvalue weighted by molar-refractivity contribution is 6.03. The molecule has 2 N–H and O–H groups in total. The summed E-state index contributed by atoms with van der Waals surface area (Å²) in [5.74, 6) is 0.522. The molecule has 3 rings (SSSR count). The van der Waals surface area contributed by atoms with Gasteiger partial charge in [-0.1, -0.05) is 36.4 Å². The lowest BCUT2D eigenvalue weighted by Crippen LogP contribution is -2.28. The lowest BCUT2D eigenvalue weighted by Gasteiger charge is -2.17. The van der Waals surface area contributed by atoms with Gasteiger partial charge in [0.05, 0.1) is 25.1 Å². The highest BCUT2D eigenvalue weighted by Gasteiger charge is 2.15. The van der Waals surface area contributed by atoms with Crippen LogP contribution in [0.4, 0.5) is 5.69 Å². The Morgan fingerprint density at radius 2 is 1.92 bits per heavy atom. The fourth-order valence-electron chi connectivity index (χ4n) is 2.85. The van der Waals surface area contributed by atoms with Crippen LogP contribution in [0.3, 0.4) is 0 Å². The van der Waals surface area contributed by atoms with Crippen LogP contribution < -0.4 is 15.5 Å². The van der Waals surface area contributed by atoms with Gasteiger partial charge in [-0.05, 0) is 37.0 Å². The molecule has 124 valence electrons. The maximum absolute atomic E-state index is 12.0. The van der Waals surface area contributed by atoms with Crippen LogP contribution in [0.15, 0.2) is 53.6 Å². The topological polar surface area (TPSA) is 62.7 Å². The first-order valence-corrected chi connectivity index (χ1v) is 8.08. The van der Waals surface area contributed by atoms with Gasteiger partial charge >= 0.3 is 0 Å². The van der Waals surface area contributed by atoms with E-state index in [9.17, 15) is 4.79 Å². The molecule has 0 saturated carbocycles. The molecule has 24 heavy (non-hydrogen) atoms. The number of hydrogen-bond donors (Lipinski definition) is 2. The van der Waals surface area contributed by atoms with Crippen molar-refractivity contribution < 1.29 is 9.53 Å². The van der Waals surface area contributed by atoms with Gasteiger partial charge < -0.3 is 10.1 Å². The summed E-state index contributed by atoms with van der Waals surface area (Å²) >= 11 is 0. The van der Waals surface area contributed by atoms with Crippen molar-refractivity contribution in [1.82, 2.24) is 5.43 Å². The van der Waals surface area contributed by atoms with Crippen LogP contribution in [0.5, 0.6) is 5.75 Å². The number of ether oxygens (including phenoxy) is 1. The van der Waals surface area contributed by atoms with E-state index in [1.807, 2.05) is 36.4 Å². The average molecular weight is 323 g/mol. The molecule has 1 aliphatic carbocycles. The van der Waals surface area contributed by atoms with Crippen LogP contribution in [0, 0.1) is 0 Å². The molecule has 0 saturated heterocycles. The molecule has 0 atom stereocenters. The van der Waals surface area contributed by atoms with Crippen molar-refractivity contribution in [1.29, 1.82) is 0 Å². The number of hydrazone groups is 1. The lowest BCUT2D eigenvalue weighted by atomic mass is 9.90. The molecule has 0 unspecified atom stereocenters. The van der Waals surface area contributed by atoms with Gasteiger partial charge in [0.15, 0.2) is 0 Å². The molecule has 1 amide bonds. The van der Waals surface area contributed by atoms with E-state index in [2.05, 4.69) is 28.0 Å². The monoisotopic (exact) mass is 323 g/mol. The zero-order valence-corrected chi connectivity index (χ0v) is 13.7. The second-order valence-electron chi connectivity index (χ2n) is 5.66. The van der Waals surface area contributed by atoms with Gasteiger partial charge in [0.1, 0.15) is 5.75 Å². The number of hydrogen-bond acceptors (Lipinski definition) is 4. The molecule has 2 aromatic carbocycles. The minimum Gasteiger partial charge on any atom is -0.495 e. The summed E-state index contributed by atoms with van der Waals surface area (Å²) in [6, 6.07) is 15.7. The summed E-state index contributed by atoms with van der Waals surface area (Å²) in [5, 5.41) is 7.39. The van der Waals surface area contributed by atoms with Gasteiger partial charge in [-0.2, -0.15) is 5.10 Å². The van der Waals surface area contributed by atoms with Crippen LogP contribution in [0.25, 0.3) is 0 Å².